The minimum absolute atomic E-state index is 0. The van der Waals surface area contributed by atoms with Crippen molar-refractivity contribution < 1.29 is 47.8 Å². The third kappa shape index (κ3) is 183. The first-order valence-electron chi connectivity index (χ1n) is 0.667. The van der Waals surface area contributed by atoms with E-state index in [2.05, 4.69) is 0 Å². The number of rotatable bonds is 0. The average molecular weight is 282 g/mol. The van der Waals surface area contributed by atoms with Gasteiger partial charge in [0.15, 0.2) is 0 Å². The van der Waals surface area contributed by atoms with Crippen LogP contribution in [0.4, 0.5) is 0 Å². The standard InChI is InChI=1S/2Ca.2ClH.H3N.H2O4S.H2O/c;;;;;1-5(2,3)4;/h;;2*1H;1H3;(H2,1,2,3,4);1H2/q2*+2;;;;;/p-4. The van der Waals surface area contributed by atoms with Crippen LogP contribution in [-0.4, -0.2) is 98.5 Å². The normalized spacial score (nSPS) is 5.27. The van der Waals surface area contributed by atoms with Crippen LogP contribution in [0.15, 0.2) is 0 Å². The fraction of sp³-hybridized carbons (Fsp3) is 0. The van der Waals surface area contributed by atoms with E-state index >= 15 is 0 Å². The minimum Gasteiger partial charge on any atom is -1.00 e. The van der Waals surface area contributed by atoms with Gasteiger partial charge in [0.2, 0.25) is 0 Å². The average Bonchev–Trinajstić information content (AvgIpc) is 0.722. The Labute approximate surface area is 137 Å². The molecule has 0 heterocycles. The topological polar surface area (TPSA) is 147 Å². The van der Waals surface area contributed by atoms with Crippen LogP contribution >= 0.6 is 0 Å². The Hall–Kier alpha value is 2.89. The van der Waals surface area contributed by atoms with Crippen molar-refractivity contribution in [2.24, 2.45) is 0 Å². The fourth-order valence-electron chi connectivity index (χ4n) is 0. The van der Waals surface area contributed by atoms with Gasteiger partial charge in [0.05, 0.1) is 0 Å². The summed E-state index contributed by atoms with van der Waals surface area (Å²) in [6, 6.07) is 0. The molecule has 5 N–H and O–H groups in total. The predicted molar refractivity (Wildman–Crippen MR) is 30.6 cm³/mol. The van der Waals surface area contributed by atoms with Gasteiger partial charge >= 0.3 is 75.5 Å². The van der Waals surface area contributed by atoms with Crippen molar-refractivity contribution in [3.63, 3.8) is 0 Å². The zero-order valence-electron chi connectivity index (χ0n) is 5.42. The second-order valence-corrected chi connectivity index (χ2v) is 1.22. The van der Waals surface area contributed by atoms with Gasteiger partial charge in [-0.15, -0.1) is 0 Å². The molecule has 0 aromatic rings. The summed E-state index contributed by atoms with van der Waals surface area (Å²) in [4.78, 5) is 0. The van der Waals surface area contributed by atoms with Crippen LogP contribution in [0.5, 0.6) is 0 Å². The van der Waals surface area contributed by atoms with Crippen molar-refractivity contribution in [2.75, 3.05) is 0 Å². The van der Waals surface area contributed by atoms with Crippen LogP contribution in [0, 0.1) is 0 Å². The molecule has 0 bridgehead atoms. The van der Waals surface area contributed by atoms with Crippen molar-refractivity contribution >= 4 is 85.9 Å². The van der Waals surface area contributed by atoms with Crippen molar-refractivity contribution in [3.8, 4) is 0 Å². The third-order valence-electron chi connectivity index (χ3n) is 0. The second kappa shape index (κ2) is 23.1. The summed E-state index contributed by atoms with van der Waals surface area (Å²) in [5.74, 6) is 0. The van der Waals surface area contributed by atoms with Gasteiger partial charge in [-0.1, -0.05) is 0 Å². The largest absolute Gasteiger partial charge is 2.00 e. The number of hydrogen-bond acceptors (Lipinski definition) is 5. The van der Waals surface area contributed by atoms with E-state index in [9.17, 15) is 0 Å². The molecule has 0 aliphatic carbocycles. The van der Waals surface area contributed by atoms with Gasteiger partial charge < -0.3 is 45.5 Å². The first-order chi connectivity index (χ1) is 2.00. The molecule has 0 rings (SSSR count). The van der Waals surface area contributed by atoms with Crippen LogP contribution in [-0.2, 0) is 10.4 Å². The van der Waals surface area contributed by atoms with Gasteiger partial charge in [0.1, 0.15) is 0 Å². The fourth-order valence-corrected chi connectivity index (χ4v) is 0. The Kier molecular flexibility index (Phi) is 102. The quantitative estimate of drug-likeness (QED) is 0.266. The molecule has 0 saturated carbocycles. The van der Waals surface area contributed by atoms with Crippen LogP contribution in [0.1, 0.15) is 0 Å². The Morgan fingerprint density at radius 2 is 0.909 bits per heavy atom. The summed E-state index contributed by atoms with van der Waals surface area (Å²) >= 11 is 0. The molecule has 11 heavy (non-hydrogen) atoms. The molecule has 0 spiro atoms. The summed E-state index contributed by atoms with van der Waals surface area (Å²) in [5.41, 5.74) is 0. The molecule has 0 saturated heterocycles. The monoisotopic (exact) mass is 281 g/mol. The first kappa shape index (κ1) is 48.6. The summed E-state index contributed by atoms with van der Waals surface area (Å²) in [5, 5.41) is 0. The maximum absolute atomic E-state index is 8.52. The van der Waals surface area contributed by atoms with Crippen LogP contribution < -0.4 is 31.0 Å². The molecule has 0 fully saturated rings. The maximum atomic E-state index is 8.52. The Balaban J connectivity index is -0.00000000533. The molecular formula is H5Ca2Cl2NO5S. The predicted octanol–water partition coefficient (Wildman–Crippen LogP) is -8.75. The molecule has 11 heteroatoms. The van der Waals surface area contributed by atoms with E-state index in [-0.39, 0.29) is 112 Å². The van der Waals surface area contributed by atoms with Gasteiger partial charge in [-0.3, -0.25) is 8.42 Å². The molecule has 0 aliphatic rings. The van der Waals surface area contributed by atoms with E-state index in [1.54, 1.807) is 0 Å². The van der Waals surface area contributed by atoms with E-state index < -0.39 is 10.4 Å². The van der Waals surface area contributed by atoms with Gasteiger partial charge in [-0.25, -0.2) is 0 Å². The van der Waals surface area contributed by atoms with Gasteiger partial charge in [-0.05, 0) is 0 Å². The molecule has 0 aromatic heterocycles. The number of hydrogen-bond donors (Lipinski definition) is 1. The maximum Gasteiger partial charge on any atom is 2.00 e. The van der Waals surface area contributed by atoms with Crippen LogP contribution in [0.3, 0.4) is 0 Å². The van der Waals surface area contributed by atoms with E-state index in [0.29, 0.717) is 0 Å². The van der Waals surface area contributed by atoms with Crippen molar-refractivity contribution in [1.82, 2.24) is 6.15 Å². The zero-order valence-corrected chi connectivity index (χ0v) is 12.2. The SMILES string of the molecule is N.O.O=S(=O)([O-])[O-].[Ca+2].[Ca+2].[Cl-].[Cl-]. The van der Waals surface area contributed by atoms with Crippen LogP contribution in [0.2, 0.25) is 0 Å². The molecule has 0 radical (unpaired) electrons. The molecule has 6 nitrogen and oxygen atoms in total. The summed E-state index contributed by atoms with van der Waals surface area (Å²) in [6.45, 7) is 0. The Morgan fingerprint density at radius 1 is 0.909 bits per heavy atom. The van der Waals surface area contributed by atoms with E-state index in [0.717, 1.165) is 0 Å². The Morgan fingerprint density at radius 3 is 0.909 bits per heavy atom. The summed E-state index contributed by atoms with van der Waals surface area (Å²) in [6.07, 6.45) is 0. The van der Waals surface area contributed by atoms with E-state index in [1.165, 1.54) is 0 Å². The molecule has 64 valence electrons. The molecule has 0 amide bonds. The van der Waals surface area contributed by atoms with E-state index in [4.69, 9.17) is 17.5 Å². The zero-order chi connectivity index (χ0) is 4.50. The third-order valence-corrected chi connectivity index (χ3v) is 0. The smallest absolute Gasteiger partial charge is 1.00 e. The van der Waals surface area contributed by atoms with Gasteiger partial charge in [-0.2, -0.15) is 0 Å². The minimum atomic E-state index is -5.17. The van der Waals surface area contributed by atoms with Gasteiger partial charge in [0, 0.05) is 10.4 Å². The number of halogens is 2. The molecular weight excluding hydrogens is 277 g/mol. The summed E-state index contributed by atoms with van der Waals surface area (Å²) in [7, 11) is -5.17. The second-order valence-electron chi connectivity index (χ2n) is 0.408. The van der Waals surface area contributed by atoms with Gasteiger partial charge in [0.25, 0.3) is 0 Å². The van der Waals surface area contributed by atoms with Crippen molar-refractivity contribution in [1.29, 1.82) is 0 Å². The first-order valence-corrected chi connectivity index (χ1v) is 2.00. The van der Waals surface area contributed by atoms with Crippen LogP contribution in [0.25, 0.3) is 0 Å². The van der Waals surface area contributed by atoms with Crippen molar-refractivity contribution in [3.05, 3.63) is 0 Å². The van der Waals surface area contributed by atoms with E-state index in [1.807, 2.05) is 0 Å². The molecule has 0 aliphatic heterocycles. The molecule has 0 atom stereocenters. The summed E-state index contributed by atoms with van der Waals surface area (Å²) < 4.78 is 34.1. The molecule has 0 unspecified atom stereocenters. The Bertz CT molecular complexity index is 106. The molecule has 0 aromatic carbocycles. The van der Waals surface area contributed by atoms with Crippen molar-refractivity contribution in [2.45, 2.75) is 0 Å².